The number of carbonyl (C=O) groups is 2. The highest BCUT2D eigenvalue weighted by molar-refractivity contribution is 6.31. The highest BCUT2D eigenvalue weighted by atomic mass is 35.5. The van der Waals surface area contributed by atoms with E-state index in [9.17, 15) is 14.9 Å². The Labute approximate surface area is 272 Å². The van der Waals surface area contributed by atoms with Gasteiger partial charge in [0.15, 0.2) is 0 Å². The molecule has 0 bridgehead atoms. The third-order valence-electron chi connectivity index (χ3n) is 9.64. The lowest BCUT2D eigenvalue weighted by molar-refractivity contribution is -0.199. The number of amides is 2. The molecule has 3 heterocycles. The molecule has 0 spiro atoms. The second-order valence-electron chi connectivity index (χ2n) is 14.8. The number of carbonyl (C=O) groups excluding carboxylic acids is 2. The molecule has 2 fully saturated rings. The molecule has 1 saturated heterocycles. The summed E-state index contributed by atoms with van der Waals surface area (Å²) in [5.74, 6) is 7.48. The number of halogens is 1. The van der Waals surface area contributed by atoms with Crippen LogP contribution in [0.15, 0.2) is 30.3 Å². The Bertz CT molecular complexity index is 1610. The molecule has 45 heavy (non-hydrogen) atoms. The van der Waals surface area contributed by atoms with E-state index in [1.165, 1.54) is 0 Å². The number of ether oxygens (including phenoxy) is 2. The zero-order valence-electron chi connectivity index (χ0n) is 27.7. The van der Waals surface area contributed by atoms with Crippen molar-refractivity contribution in [1.82, 2.24) is 14.8 Å². The molecule has 2 aromatic rings. The number of nitrogens with zero attached hydrogens (tertiary/aromatic N) is 4. The molecule has 2 unspecified atom stereocenters. The number of likely N-dealkylation sites (tertiary alicyclic amines) is 1. The summed E-state index contributed by atoms with van der Waals surface area (Å²) in [4.78, 5) is 35.1. The van der Waals surface area contributed by atoms with Crippen molar-refractivity contribution in [3.05, 3.63) is 57.9 Å². The normalized spacial score (nSPS) is 26.3. The van der Waals surface area contributed by atoms with Gasteiger partial charge < -0.3 is 19.3 Å². The first-order valence-electron chi connectivity index (χ1n) is 15.7. The van der Waals surface area contributed by atoms with Crippen molar-refractivity contribution in [1.29, 1.82) is 5.26 Å². The fourth-order valence-electron chi connectivity index (χ4n) is 7.95. The van der Waals surface area contributed by atoms with Gasteiger partial charge in [0.25, 0.3) is 5.91 Å². The van der Waals surface area contributed by atoms with Gasteiger partial charge in [0.2, 0.25) is 0 Å². The van der Waals surface area contributed by atoms with Crippen molar-refractivity contribution in [2.75, 3.05) is 6.54 Å². The maximum Gasteiger partial charge on any atom is 0.410 e. The Morgan fingerprint density at radius 1 is 1.16 bits per heavy atom. The van der Waals surface area contributed by atoms with Gasteiger partial charge in [0.05, 0.1) is 28.4 Å². The molecule has 2 aliphatic heterocycles. The van der Waals surface area contributed by atoms with Crippen molar-refractivity contribution < 1.29 is 19.1 Å². The van der Waals surface area contributed by atoms with Crippen LogP contribution in [-0.4, -0.2) is 57.1 Å². The molecule has 1 aliphatic carbocycles. The van der Waals surface area contributed by atoms with Crippen LogP contribution in [0.25, 0.3) is 0 Å². The molecule has 1 aromatic carbocycles. The molecule has 1 saturated carbocycles. The number of aromatic nitrogens is 1. The Morgan fingerprint density at radius 3 is 2.44 bits per heavy atom. The lowest BCUT2D eigenvalue weighted by atomic mass is 9.49. The van der Waals surface area contributed by atoms with Crippen LogP contribution in [0.1, 0.15) is 96.0 Å². The average molecular weight is 631 g/mol. The summed E-state index contributed by atoms with van der Waals surface area (Å²) in [6.07, 6.45) is 0.409. The van der Waals surface area contributed by atoms with E-state index < -0.39 is 5.60 Å². The first-order chi connectivity index (χ1) is 21.0. The Hall–Kier alpha value is -3.75. The van der Waals surface area contributed by atoms with Crippen LogP contribution in [-0.2, 0) is 11.3 Å². The molecule has 0 radical (unpaired) electrons. The number of hydrogen-bond donors (Lipinski definition) is 0. The third kappa shape index (κ3) is 5.86. The van der Waals surface area contributed by atoms with Crippen LogP contribution in [0, 0.1) is 45.8 Å². The van der Waals surface area contributed by atoms with Crippen molar-refractivity contribution in [3.63, 3.8) is 0 Å². The molecule has 5 rings (SSSR count). The molecule has 9 heteroatoms. The minimum Gasteiger partial charge on any atom is -0.489 e. The minimum atomic E-state index is -0.556. The Balaban J connectivity index is 1.31. The summed E-state index contributed by atoms with van der Waals surface area (Å²) >= 11 is 6.26. The molecule has 2 amide bonds. The van der Waals surface area contributed by atoms with Gasteiger partial charge in [-0.1, -0.05) is 58.6 Å². The summed E-state index contributed by atoms with van der Waals surface area (Å²) in [7, 11) is 0. The first-order valence-corrected chi connectivity index (χ1v) is 16.1. The van der Waals surface area contributed by atoms with E-state index in [-0.39, 0.29) is 52.9 Å². The fraction of sp³-hybridized carbons (Fsp3) is 0.556. The molecule has 238 valence electrons. The fourth-order valence-corrected chi connectivity index (χ4v) is 8.17. The number of nitriles is 1. The van der Waals surface area contributed by atoms with E-state index in [1.54, 1.807) is 23.1 Å². The van der Waals surface area contributed by atoms with E-state index >= 15 is 0 Å². The molecule has 0 N–H and O–H groups in total. The van der Waals surface area contributed by atoms with E-state index in [1.807, 2.05) is 44.7 Å². The third-order valence-corrected chi connectivity index (χ3v) is 9.96. The van der Waals surface area contributed by atoms with Crippen LogP contribution in [0.3, 0.4) is 0 Å². The Kier molecular flexibility index (Phi) is 8.38. The SMILES string of the molecule is CCC1CN(C(=O)OC(C)(C)C)C(C)[C@H]1C#Cc1ccc2c(n1)CN([C@H]1C(C)(C)[C@H](Oc3ccc(C#N)c(Cl)c3)C1(C)C)C2=O. The average Bonchev–Trinajstić information content (AvgIpc) is 3.44. The second kappa shape index (κ2) is 11.6. The van der Waals surface area contributed by atoms with Gasteiger partial charge >= 0.3 is 6.09 Å². The van der Waals surface area contributed by atoms with Crippen molar-refractivity contribution in [2.45, 2.75) is 99.1 Å². The van der Waals surface area contributed by atoms with Crippen LogP contribution < -0.4 is 4.74 Å². The van der Waals surface area contributed by atoms with Crippen LogP contribution in [0.4, 0.5) is 4.79 Å². The number of benzene rings is 1. The predicted molar refractivity (Wildman–Crippen MR) is 173 cm³/mol. The summed E-state index contributed by atoms with van der Waals surface area (Å²) in [6.45, 7) is 19.3. The largest absolute Gasteiger partial charge is 0.489 e. The maximum absolute atomic E-state index is 13.7. The molecular formula is C36H43ClN4O4. The van der Waals surface area contributed by atoms with Gasteiger partial charge in [-0.2, -0.15) is 5.26 Å². The van der Waals surface area contributed by atoms with Crippen LogP contribution >= 0.6 is 11.6 Å². The van der Waals surface area contributed by atoms with E-state index in [0.29, 0.717) is 40.7 Å². The van der Waals surface area contributed by atoms with Gasteiger partial charge in [-0.05, 0) is 63.8 Å². The number of pyridine rings is 1. The summed E-state index contributed by atoms with van der Waals surface area (Å²) < 4.78 is 12.1. The van der Waals surface area contributed by atoms with Gasteiger partial charge in [-0.15, -0.1) is 0 Å². The zero-order chi connectivity index (χ0) is 33.1. The smallest absolute Gasteiger partial charge is 0.410 e. The second-order valence-corrected chi connectivity index (χ2v) is 15.2. The summed E-state index contributed by atoms with van der Waals surface area (Å²) in [5.41, 5.74) is 1.06. The first kappa shape index (κ1) is 32.6. The van der Waals surface area contributed by atoms with Gasteiger partial charge in [0.1, 0.15) is 29.2 Å². The lowest BCUT2D eigenvalue weighted by Gasteiger charge is -2.65. The molecule has 3 atom stereocenters. The number of hydrogen-bond acceptors (Lipinski definition) is 6. The highest BCUT2D eigenvalue weighted by Gasteiger charge is 2.67. The number of rotatable bonds is 4. The zero-order valence-corrected chi connectivity index (χ0v) is 28.5. The summed E-state index contributed by atoms with van der Waals surface area (Å²) in [5, 5.41) is 9.57. The Morgan fingerprint density at radius 2 is 1.84 bits per heavy atom. The monoisotopic (exact) mass is 630 g/mol. The molecule has 1 aromatic heterocycles. The van der Waals surface area contributed by atoms with Crippen molar-refractivity contribution in [2.24, 2.45) is 22.7 Å². The van der Waals surface area contributed by atoms with E-state index in [2.05, 4.69) is 52.5 Å². The molecule has 3 aliphatic rings. The maximum atomic E-state index is 13.7. The quantitative estimate of drug-likeness (QED) is 0.335. The minimum absolute atomic E-state index is 0.00445. The predicted octanol–water partition coefficient (Wildman–Crippen LogP) is 7.08. The highest BCUT2D eigenvalue weighted by Crippen LogP contribution is 2.59. The van der Waals surface area contributed by atoms with Crippen molar-refractivity contribution in [3.8, 4) is 23.7 Å². The van der Waals surface area contributed by atoms with Gasteiger partial charge in [-0.25, -0.2) is 9.78 Å². The van der Waals surface area contributed by atoms with Crippen LogP contribution in [0.2, 0.25) is 5.02 Å². The lowest BCUT2D eigenvalue weighted by Crippen LogP contribution is -2.74. The standard InChI is InChI=1S/C36H43ClN4O4/c1-10-22-19-40(33(43)45-34(3,4)5)21(2)26(22)15-12-24-13-16-27-29(39-24)20-41(30(27)42)31-35(6,7)32(36(31,8)9)44-25-14-11-23(18-38)28(37)17-25/h11,13-14,16-17,21-22,26,31-32H,10,19-20H2,1-9H3/t21?,22?,26-,31-,32-/m1/s1. The topological polar surface area (TPSA) is 95.8 Å². The van der Waals surface area contributed by atoms with Crippen LogP contribution in [0.5, 0.6) is 5.75 Å². The van der Waals surface area contributed by atoms with E-state index in [4.69, 9.17) is 26.1 Å². The van der Waals surface area contributed by atoms with E-state index in [0.717, 1.165) is 12.1 Å². The molecular weight excluding hydrogens is 588 g/mol. The van der Waals surface area contributed by atoms with Gasteiger partial charge in [0, 0.05) is 41.4 Å². The van der Waals surface area contributed by atoms with Gasteiger partial charge in [-0.3, -0.25) is 4.79 Å². The van der Waals surface area contributed by atoms with Crippen molar-refractivity contribution >= 4 is 23.6 Å². The number of fused-ring (bicyclic) bond motifs is 1. The molecule has 8 nitrogen and oxygen atoms in total. The summed E-state index contributed by atoms with van der Waals surface area (Å²) in [6, 6.07) is 10.6.